The first-order valence-electron chi connectivity index (χ1n) is 7.73. The summed E-state index contributed by atoms with van der Waals surface area (Å²) in [7, 11) is 0. The van der Waals surface area contributed by atoms with Gasteiger partial charge >= 0.3 is 6.09 Å². The van der Waals surface area contributed by atoms with E-state index in [1.54, 1.807) is 25.1 Å². The molecule has 0 atom stereocenters. The molecule has 0 heterocycles. The van der Waals surface area contributed by atoms with Gasteiger partial charge in [0.1, 0.15) is 24.0 Å². The van der Waals surface area contributed by atoms with Gasteiger partial charge in [0.05, 0.1) is 11.6 Å². The van der Waals surface area contributed by atoms with Crippen LogP contribution in [0.15, 0.2) is 36.4 Å². The number of likely N-dealkylation sites (N-methyl/N-ethyl adjacent to an activating group) is 1. The van der Waals surface area contributed by atoms with Crippen molar-refractivity contribution < 1.29 is 23.4 Å². The smallest absolute Gasteiger partial charge is 0.407 e. The van der Waals surface area contributed by atoms with Crippen molar-refractivity contribution in [3.63, 3.8) is 0 Å². The summed E-state index contributed by atoms with van der Waals surface area (Å²) in [6.45, 7) is 2.52. The topological polar surface area (TPSA) is 49.8 Å². The van der Waals surface area contributed by atoms with Crippen LogP contribution in [0.3, 0.4) is 0 Å². The van der Waals surface area contributed by atoms with E-state index >= 15 is 0 Å². The minimum Gasteiger partial charge on any atom is -0.490 e. The van der Waals surface area contributed by atoms with Crippen molar-refractivity contribution in [2.24, 2.45) is 0 Å². The summed E-state index contributed by atoms with van der Waals surface area (Å²) in [5.74, 6) is -0.822. The maximum Gasteiger partial charge on any atom is 0.407 e. The number of ether oxygens (including phenoxy) is 1. The maximum absolute atomic E-state index is 13.2. The number of nitrogens with zero attached hydrogens (tertiary/aromatic N) is 1. The van der Waals surface area contributed by atoms with Crippen molar-refractivity contribution in [1.29, 1.82) is 0 Å². The van der Waals surface area contributed by atoms with E-state index in [1.165, 1.54) is 17.0 Å². The Morgan fingerprint density at radius 3 is 2.40 bits per heavy atom. The SMILES string of the molecule is CCN(CCOc1ccc(Cc2cc(F)cc(F)c2)cc1Cl)C(=O)O. The molecule has 0 saturated carbocycles. The highest BCUT2D eigenvalue weighted by Crippen LogP contribution is 2.26. The fraction of sp³-hybridized carbons (Fsp3) is 0.278. The highest BCUT2D eigenvalue weighted by Gasteiger charge is 2.10. The maximum atomic E-state index is 13.2. The molecule has 0 spiro atoms. The molecule has 4 nitrogen and oxygen atoms in total. The summed E-state index contributed by atoms with van der Waals surface area (Å²) in [5, 5.41) is 9.29. The number of benzene rings is 2. The lowest BCUT2D eigenvalue weighted by molar-refractivity contribution is 0.138. The van der Waals surface area contributed by atoms with E-state index in [1.807, 2.05) is 0 Å². The third kappa shape index (κ3) is 5.60. The van der Waals surface area contributed by atoms with Gasteiger partial charge in [-0.05, 0) is 48.7 Å². The number of hydrogen-bond donors (Lipinski definition) is 1. The lowest BCUT2D eigenvalue weighted by Gasteiger charge is -2.17. The standard InChI is InChI=1S/C18H18ClF2NO3/c1-2-22(18(23)24)5-6-25-17-4-3-12(10-16(17)19)7-13-8-14(20)11-15(21)9-13/h3-4,8-11H,2,5-7H2,1H3,(H,23,24). The second-order valence-electron chi connectivity index (χ2n) is 5.43. The van der Waals surface area contributed by atoms with Crippen LogP contribution in [-0.4, -0.2) is 35.8 Å². The van der Waals surface area contributed by atoms with Crippen molar-refractivity contribution in [3.05, 3.63) is 64.2 Å². The van der Waals surface area contributed by atoms with Gasteiger partial charge in [0, 0.05) is 12.6 Å². The van der Waals surface area contributed by atoms with Crippen LogP contribution >= 0.6 is 11.6 Å². The molecule has 0 aliphatic carbocycles. The fourth-order valence-electron chi connectivity index (χ4n) is 2.37. The van der Waals surface area contributed by atoms with Gasteiger partial charge < -0.3 is 14.7 Å². The van der Waals surface area contributed by atoms with Gasteiger partial charge in [-0.1, -0.05) is 17.7 Å². The van der Waals surface area contributed by atoms with Crippen molar-refractivity contribution in [3.8, 4) is 5.75 Å². The molecule has 0 aliphatic rings. The summed E-state index contributed by atoms with van der Waals surface area (Å²) in [5.41, 5.74) is 1.28. The van der Waals surface area contributed by atoms with Gasteiger partial charge in [0.2, 0.25) is 0 Å². The first kappa shape index (κ1) is 19.0. The third-order valence-corrected chi connectivity index (χ3v) is 3.89. The second kappa shape index (κ2) is 8.67. The molecule has 2 aromatic carbocycles. The lowest BCUT2D eigenvalue weighted by atomic mass is 10.0. The molecule has 0 saturated heterocycles. The number of halogens is 3. The van der Waals surface area contributed by atoms with E-state index in [-0.39, 0.29) is 13.2 Å². The number of rotatable bonds is 7. The van der Waals surface area contributed by atoms with E-state index in [4.69, 9.17) is 21.4 Å². The van der Waals surface area contributed by atoms with Crippen molar-refractivity contribution in [1.82, 2.24) is 4.90 Å². The number of hydrogen-bond acceptors (Lipinski definition) is 2. The van der Waals surface area contributed by atoms with Crippen LogP contribution in [0.1, 0.15) is 18.1 Å². The minimum absolute atomic E-state index is 0.175. The van der Waals surface area contributed by atoms with Gasteiger partial charge in [0.25, 0.3) is 0 Å². The Bertz CT molecular complexity index is 735. The quantitative estimate of drug-likeness (QED) is 0.776. The van der Waals surface area contributed by atoms with E-state index in [0.29, 0.717) is 29.3 Å². The molecule has 0 unspecified atom stereocenters. The van der Waals surface area contributed by atoms with Crippen molar-refractivity contribution >= 4 is 17.7 Å². The van der Waals surface area contributed by atoms with Crippen molar-refractivity contribution in [2.75, 3.05) is 19.7 Å². The van der Waals surface area contributed by atoms with Gasteiger partial charge in [0.15, 0.2) is 0 Å². The molecule has 7 heteroatoms. The van der Waals surface area contributed by atoms with Gasteiger partial charge in [-0.15, -0.1) is 0 Å². The molecule has 0 radical (unpaired) electrons. The number of carboxylic acid groups (broad SMARTS) is 1. The summed E-state index contributed by atoms with van der Waals surface area (Å²) in [6.07, 6.45) is -0.674. The lowest BCUT2D eigenvalue weighted by Crippen LogP contribution is -2.33. The van der Waals surface area contributed by atoms with E-state index in [0.717, 1.165) is 11.6 Å². The van der Waals surface area contributed by atoms with Gasteiger partial charge in [-0.25, -0.2) is 13.6 Å². The molecule has 0 aliphatic heterocycles. The van der Waals surface area contributed by atoms with E-state index in [9.17, 15) is 13.6 Å². The highest BCUT2D eigenvalue weighted by atomic mass is 35.5. The average Bonchev–Trinajstić information content (AvgIpc) is 2.52. The monoisotopic (exact) mass is 369 g/mol. The molecule has 25 heavy (non-hydrogen) atoms. The Balaban J connectivity index is 1.99. The Kier molecular flexibility index (Phi) is 6.58. The van der Waals surface area contributed by atoms with Crippen LogP contribution in [0.2, 0.25) is 5.02 Å². The van der Waals surface area contributed by atoms with E-state index in [2.05, 4.69) is 0 Å². The molecule has 2 rings (SSSR count). The second-order valence-corrected chi connectivity index (χ2v) is 5.84. The number of amides is 1. The van der Waals surface area contributed by atoms with Crippen LogP contribution in [-0.2, 0) is 6.42 Å². The zero-order valence-corrected chi connectivity index (χ0v) is 14.4. The minimum atomic E-state index is -1.00. The van der Waals surface area contributed by atoms with Crippen LogP contribution in [0, 0.1) is 11.6 Å². The Morgan fingerprint density at radius 2 is 1.84 bits per heavy atom. The van der Waals surface area contributed by atoms with Gasteiger partial charge in [-0.2, -0.15) is 0 Å². The molecule has 0 fully saturated rings. The first-order valence-corrected chi connectivity index (χ1v) is 8.11. The van der Waals surface area contributed by atoms with Crippen LogP contribution in [0.5, 0.6) is 5.75 Å². The zero-order valence-electron chi connectivity index (χ0n) is 13.6. The summed E-state index contributed by atoms with van der Waals surface area (Å²) in [4.78, 5) is 12.1. The highest BCUT2D eigenvalue weighted by molar-refractivity contribution is 6.32. The first-order chi connectivity index (χ1) is 11.9. The normalized spacial score (nSPS) is 10.6. The molecule has 0 aromatic heterocycles. The zero-order chi connectivity index (χ0) is 18.4. The average molecular weight is 370 g/mol. The molecular formula is C18H18ClF2NO3. The largest absolute Gasteiger partial charge is 0.490 e. The Morgan fingerprint density at radius 1 is 1.16 bits per heavy atom. The third-order valence-electron chi connectivity index (χ3n) is 3.60. The summed E-state index contributed by atoms with van der Waals surface area (Å²) >= 11 is 6.17. The van der Waals surface area contributed by atoms with Crippen molar-refractivity contribution in [2.45, 2.75) is 13.3 Å². The fourth-order valence-corrected chi connectivity index (χ4v) is 2.63. The predicted molar refractivity (Wildman–Crippen MR) is 91.4 cm³/mol. The summed E-state index contributed by atoms with van der Waals surface area (Å²) < 4.78 is 32.0. The molecule has 0 bridgehead atoms. The Labute approximate surface area is 149 Å². The van der Waals surface area contributed by atoms with E-state index < -0.39 is 17.7 Å². The predicted octanol–water partition coefficient (Wildman–Crippen LogP) is 4.59. The molecule has 1 amide bonds. The summed E-state index contributed by atoms with van der Waals surface area (Å²) in [6, 6.07) is 8.43. The molecule has 1 N–H and O–H groups in total. The molecule has 134 valence electrons. The molecule has 2 aromatic rings. The van der Waals surface area contributed by atoms with Gasteiger partial charge in [-0.3, -0.25) is 0 Å². The Hall–Kier alpha value is -2.34. The van der Waals surface area contributed by atoms with Crippen LogP contribution < -0.4 is 4.74 Å². The molecular weight excluding hydrogens is 352 g/mol. The number of carbonyl (C=O) groups is 1. The van der Waals surface area contributed by atoms with Crippen LogP contribution in [0.25, 0.3) is 0 Å². The van der Waals surface area contributed by atoms with Crippen LogP contribution in [0.4, 0.5) is 13.6 Å².